The summed E-state index contributed by atoms with van der Waals surface area (Å²) in [5.41, 5.74) is 1.91. The van der Waals surface area contributed by atoms with Crippen molar-refractivity contribution >= 4 is 82.3 Å². The molecule has 0 nitrogen and oxygen atoms in total. The van der Waals surface area contributed by atoms with Gasteiger partial charge in [0.15, 0.2) is 0 Å². The molecule has 0 aliphatic rings. The molecule has 0 aliphatic heterocycles. The van der Waals surface area contributed by atoms with Crippen LogP contribution in [0.3, 0.4) is 0 Å². The Morgan fingerprint density at radius 3 is 2.41 bits per heavy atom. The highest BCUT2D eigenvalue weighted by atomic mass is 79.9. The van der Waals surface area contributed by atoms with E-state index < -0.39 is 0 Å². The minimum atomic E-state index is -0.267. The van der Waals surface area contributed by atoms with Gasteiger partial charge in [-0.2, -0.15) is 0 Å². The van der Waals surface area contributed by atoms with Crippen molar-refractivity contribution in [1.29, 1.82) is 0 Å². The lowest BCUT2D eigenvalue weighted by atomic mass is 10.1. The maximum Gasteiger partial charge on any atom is 0.0869 e. The molecule has 90 valence electrons. The van der Waals surface area contributed by atoms with Gasteiger partial charge in [0.1, 0.15) is 0 Å². The Morgan fingerprint density at radius 1 is 1.12 bits per heavy atom. The van der Waals surface area contributed by atoms with Crippen molar-refractivity contribution in [2.75, 3.05) is 0 Å². The second kappa shape index (κ2) is 5.93. The van der Waals surface area contributed by atoms with E-state index in [0.717, 1.165) is 23.2 Å². The van der Waals surface area contributed by atoms with E-state index in [-0.39, 0.29) is 5.38 Å². The molecule has 17 heavy (non-hydrogen) atoms. The fourth-order valence-corrected chi connectivity index (χ4v) is 5.53. The molecule has 2 rings (SSSR count). The molecule has 1 atom stereocenters. The van der Waals surface area contributed by atoms with Crippen LogP contribution < -0.4 is 0 Å². The smallest absolute Gasteiger partial charge is 0.0869 e. The van der Waals surface area contributed by atoms with E-state index in [1.807, 2.05) is 24.3 Å². The maximum atomic E-state index is 6.48. The summed E-state index contributed by atoms with van der Waals surface area (Å²) in [6, 6.07) is 7.76. The zero-order valence-corrected chi connectivity index (χ0v) is 15.3. The van der Waals surface area contributed by atoms with Crippen LogP contribution in [-0.2, 0) is 0 Å². The van der Waals surface area contributed by atoms with Gasteiger partial charge in [-0.3, -0.25) is 0 Å². The Morgan fingerprint density at radius 2 is 1.82 bits per heavy atom. The second-order valence-electron chi connectivity index (χ2n) is 3.29. The van der Waals surface area contributed by atoms with Crippen molar-refractivity contribution in [2.24, 2.45) is 0 Å². The second-order valence-corrected chi connectivity index (χ2v) is 8.70. The summed E-state index contributed by atoms with van der Waals surface area (Å²) in [7, 11) is 0. The third kappa shape index (κ3) is 3.10. The van der Waals surface area contributed by atoms with E-state index in [2.05, 4.69) is 47.8 Å². The van der Waals surface area contributed by atoms with E-state index in [4.69, 9.17) is 23.2 Å². The minimum Gasteiger partial charge on any atom is -0.121 e. The molecular weight excluding hydrogens is 475 g/mol. The summed E-state index contributed by atoms with van der Waals surface area (Å²) >= 11 is 24.7. The lowest BCUT2D eigenvalue weighted by Gasteiger charge is -2.12. The van der Waals surface area contributed by atoms with Crippen LogP contribution >= 0.6 is 82.3 Å². The Kier molecular flexibility index (Phi) is 5.01. The largest absolute Gasteiger partial charge is 0.121 e. The topological polar surface area (TPSA) is 0 Å². The zero-order chi connectivity index (χ0) is 12.6. The summed E-state index contributed by atoms with van der Waals surface area (Å²) < 4.78 is 2.91. The normalized spacial score (nSPS) is 12.8. The van der Waals surface area contributed by atoms with Crippen molar-refractivity contribution in [1.82, 2.24) is 0 Å². The quantitative estimate of drug-likeness (QED) is 0.406. The van der Waals surface area contributed by atoms with Crippen LogP contribution in [0.2, 0.25) is 5.02 Å². The van der Waals surface area contributed by atoms with Gasteiger partial charge in [-0.25, -0.2) is 0 Å². The molecule has 1 unspecified atom stereocenters. The number of benzene rings is 1. The molecule has 0 saturated carbocycles. The van der Waals surface area contributed by atoms with Crippen LogP contribution in [0.5, 0.6) is 0 Å². The molecule has 0 aliphatic carbocycles. The monoisotopic (exact) mass is 476 g/mol. The Bertz CT molecular complexity index is 554. The number of thiophene rings is 1. The molecule has 0 saturated heterocycles. The molecule has 1 heterocycles. The maximum absolute atomic E-state index is 6.48. The van der Waals surface area contributed by atoms with Crippen LogP contribution in [-0.4, -0.2) is 0 Å². The van der Waals surface area contributed by atoms with Crippen molar-refractivity contribution in [3.05, 3.63) is 52.5 Å². The summed E-state index contributed by atoms with van der Waals surface area (Å²) in [5.74, 6) is 0. The number of rotatable bonds is 2. The molecule has 0 fully saturated rings. The molecule has 6 heteroatoms. The van der Waals surface area contributed by atoms with Crippen LogP contribution in [0.25, 0.3) is 0 Å². The molecule has 1 aromatic heterocycles. The average molecular weight is 480 g/mol. The summed E-state index contributed by atoms with van der Waals surface area (Å²) in [5, 5.41) is 0.388. The molecule has 0 bridgehead atoms. The summed E-state index contributed by atoms with van der Waals surface area (Å²) in [6.45, 7) is 0. The van der Waals surface area contributed by atoms with Gasteiger partial charge in [0.2, 0.25) is 0 Å². The van der Waals surface area contributed by atoms with Crippen LogP contribution in [0.4, 0.5) is 0 Å². The Hall–Kier alpha value is 0.940. The first-order valence-corrected chi connectivity index (χ1v) is 8.54. The van der Waals surface area contributed by atoms with Crippen LogP contribution in [0.1, 0.15) is 16.5 Å². The minimum absolute atomic E-state index is 0.267. The third-order valence-corrected chi connectivity index (χ3v) is 6.38. The van der Waals surface area contributed by atoms with Crippen molar-refractivity contribution < 1.29 is 0 Å². The molecule has 0 radical (unpaired) electrons. The predicted octanol–water partition coefficient (Wildman–Crippen LogP) is 7.02. The van der Waals surface area contributed by atoms with E-state index >= 15 is 0 Å². The molecule has 1 aromatic carbocycles. The lowest BCUT2D eigenvalue weighted by Crippen LogP contribution is -1.93. The first-order valence-electron chi connectivity index (χ1n) is 4.53. The van der Waals surface area contributed by atoms with Crippen LogP contribution in [0, 0.1) is 0 Å². The number of alkyl halides is 1. The summed E-state index contributed by atoms with van der Waals surface area (Å²) in [6.07, 6.45) is 0. The molecule has 0 spiro atoms. The zero-order valence-electron chi connectivity index (χ0n) is 8.18. The Balaban J connectivity index is 2.47. The van der Waals surface area contributed by atoms with Gasteiger partial charge in [0.25, 0.3) is 0 Å². The first-order chi connectivity index (χ1) is 8.00. The standard InChI is InChI=1S/C11H5Br3Cl2S/c12-7-3-1-2-5(10(7)16)9(15)6-4-8(13)17-11(6)14/h1-4,9H. The predicted molar refractivity (Wildman–Crippen MR) is 86.6 cm³/mol. The molecule has 0 amide bonds. The Labute approximate surface area is 139 Å². The SMILES string of the molecule is Clc1c(Br)cccc1C(Cl)c1cc(Br)sc1Br. The highest BCUT2D eigenvalue weighted by Gasteiger charge is 2.19. The number of halogens is 5. The summed E-state index contributed by atoms with van der Waals surface area (Å²) in [4.78, 5) is 0. The number of hydrogen-bond donors (Lipinski definition) is 0. The van der Waals surface area contributed by atoms with E-state index in [9.17, 15) is 0 Å². The van der Waals surface area contributed by atoms with Gasteiger partial charge in [0.05, 0.1) is 18.0 Å². The third-order valence-electron chi connectivity index (χ3n) is 2.21. The fourth-order valence-electron chi connectivity index (χ4n) is 1.41. The highest BCUT2D eigenvalue weighted by Crippen LogP contribution is 2.43. The van der Waals surface area contributed by atoms with Crippen molar-refractivity contribution in [3.63, 3.8) is 0 Å². The van der Waals surface area contributed by atoms with Crippen molar-refractivity contribution in [3.8, 4) is 0 Å². The first kappa shape index (κ1) is 14.4. The van der Waals surface area contributed by atoms with Gasteiger partial charge in [-0.1, -0.05) is 23.7 Å². The lowest BCUT2D eigenvalue weighted by molar-refractivity contribution is 1.14. The molecule has 0 N–H and O–H groups in total. The van der Waals surface area contributed by atoms with E-state index in [1.165, 1.54) is 0 Å². The average Bonchev–Trinajstić information content (AvgIpc) is 2.61. The van der Waals surface area contributed by atoms with Gasteiger partial charge >= 0.3 is 0 Å². The van der Waals surface area contributed by atoms with Crippen molar-refractivity contribution in [2.45, 2.75) is 5.38 Å². The fraction of sp³-hybridized carbons (Fsp3) is 0.0909. The van der Waals surface area contributed by atoms with Crippen LogP contribution in [0.15, 0.2) is 36.3 Å². The molecule has 2 aromatic rings. The highest BCUT2D eigenvalue weighted by molar-refractivity contribution is 9.12. The van der Waals surface area contributed by atoms with Gasteiger partial charge < -0.3 is 0 Å². The van der Waals surface area contributed by atoms with E-state index in [1.54, 1.807) is 11.3 Å². The van der Waals surface area contributed by atoms with Gasteiger partial charge in [0, 0.05) is 10.0 Å². The van der Waals surface area contributed by atoms with Gasteiger partial charge in [-0.15, -0.1) is 22.9 Å². The van der Waals surface area contributed by atoms with E-state index in [0.29, 0.717) is 5.02 Å². The van der Waals surface area contributed by atoms with Gasteiger partial charge in [-0.05, 0) is 65.5 Å². The molecular formula is C11H5Br3Cl2S. The number of hydrogen-bond acceptors (Lipinski definition) is 1.